The van der Waals surface area contributed by atoms with Crippen molar-refractivity contribution in [1.29, 1.82) is 0 Å². The van der Waals surface area contributed by atoms with Crippen LogP contribution in [0.2, 0.25) is 0 Å². The van der Waals surface area contributed by atoms with Crippen molar-refractivity contribution < 1.29 is 36.2 Å². The number of halogens is 6. The molecule has 1 atom stereocenters. The molecule has 3 rings (SSSR count). The first-order valence-electron chi connectivity index (χ1n) is 8.31. The Bertz CT molecular complexity index is 819. The zero-order valence-corrected chi connectivity index (χ0v) is 14.8. The van der Waals surface area contributed by atoms with Crippen molar-refractivity contribution >= 4 is 17.5 Å². The number of hydrogen-bond acceptors (Lipinski definition) is 3. The van der Waals surface area contributed by atoms with E-state index in [-0.39, 0.29) is 5.82 Å². The van der Waals surface area contributed by atoms with Gasteiger partial charge in [0, 0.05) is 12.2 Å². The van der Waals surface area contributed by atoms with Crippen molar-refractivity contribution in [1.82, 2.24) is 4.98 Å². The summed E-state index contributed by atoms with van der Waals surface area (Å²) in [6.07, 6.45) is -6.83. The summed E-state index contributed by atoms with van der Waals surface area (Å²) in [7, 11) is 0. The number of nitrogens with one attached hydrogen (secondary N) is 1. The first-order chi connectivity index (χ1) is 13.4. The van der Waals surface area contributed by atoms with Crippen LogP contribution in [-0.4, -0.2) is 28.6 Å². The van der Waals surface area contributed by atoms with Gasteiger partial charge in [-0.2, -0.15) is 26.3 Å². The second-order valence-corrected chi connectivity index (χ2v) is 6.16. The van der Waals surface area contributed by atoms with Gasteiger partial charge < -0.3 is 20.7 Å². The summed E-state index contributed by atoms with van der Waals surface area (Å²) in [6, 6.07) is 5.80. The summed E-state index contributed by atoms with van der Waals surface area (Å²) >= 11 is 0. The van der Waals surface area contributed by atoms with Crippen molar-refractivity contribution in [3.63, 3.8) is 0 Å². The van der Waals surface area contributed by atoms with Gasteiger partial charge in [0.2, 0.25) is 0 Å². The fourth-order valence-corrected chi connectivity index (χ4v) is 2.74. The van der Waals surface area contributed by atoms with Gasteiger partial charge in [-0.1, -0.05) is 24.1 Å². The first kappa shape index (κ1) is 22.3. The molecule has 2 heterocycles. The predicted octanol–water partition coefficient (Wildman–Crippen LogP) is 5.54. The molecular weight excluding hydrogens is 404 g/mol. The number of carbonyl (C=O) groups is 1. The average Bonchev–Trinajstić information content (AvgIpc) is 3.11. The number of alkyl halides is 6. The van der Waals surface area contributed by atoms with Crippen molar-refractivity contribution in [3.8, 4) is 0 Å². The Morgan fingerprint density at radius 2 is 1.55 bits per heavy atom. The topological polar surface area (TPSA) is 77.2 Å². The molecule has 0 spiro atoms. The Morgan fingerprint density at radius 1 is 1.00 bits per heavy atom. The number of carboxylic acids is 1. The molecule has 0 radical (unpaired) electrons. The van der Waals surface area contributed by atoms with Crippen LogP contribution in [-0.2, 0) is 17.1 Å². The Kier molecular flexibility index (Phi) is 6.60. The molecule has 0 amide bonds. The van der Waals surface area contributed by atoms with E-state index in [0.717, 1.165) is 30.7 Å². The molecule has 29 heavy (non-hydrogen) atoms. The van der Waals surface area contributed by atoms with E-state index in [1.807, 2.05) is 0 Å². The molecule has 5 nitrogen and oxygen atoms in total. The first-order valence-corrected chi connectivity index (χ1v) is 8.31. The third kappa shape index (κ3) is 6.00. The molecule has 11 heteroatoms. The molecular formula is C18H16F6N3O2-. The second kappa shape index (κ2) is 8.58. The number of pyridine rings is 1. The van der Waals surface area contributed by atoms with Crippen LogP contribution in [0.25, 0.3) is 5.73 Å². The summed E-state index contributed by atoms with van der Waals surface area (Å²) < 4.78 is 72.6. The molecule has 0 saturated carbocycles. The molecule has 158 valence electrons. The van der Waals surface area contributed by atoms with Gasteiger partial charge in [-0.15, -0.1) is 0 Å². The lowest BCUT2D eigenvalue weighted by atomic mass is 10.1. The summed E-state index contributed by atoms with van der Waals surface area (Å²) in [5.41, 5.74) is 5.79. The summed E-state index contributed by atoms with van der Waals surface area (Å²) in [5.74, 6) is -1.11. The molecule has 1 aliphatic rings. The number of hydrogen-bond donors (Lipinski definition) is 1. The maximum Gasteiger partial charge on any atom is 0.416 e. The minimum atomic E-state index is -4.37. The number of nitrogens with zero attached hydrogens (tertiary/aromatic N) is 2. The van der Waals surface area contributed by atoms with E-state index in [1.165, 1.54) is 12.1 Å². The van der Waals surface area contributed by atoms with E-state index < -0.39 is 35.5 Å². The Balaban J connectivity index is 0.000000234. The Labute approximate surface area is 161 Å². The number of benzene rings is 1. The van der Waals surface area contributed by atoms with Crippen LogP contribution in [0.5, 0.6) is 0 Å². The van der Waals surface area contributed by atoms with Crippen LogP contribution in [0.3, 0.4) is 0 Å². The molecule has 1 saturated heterocycles. The van der Waals surface area contributed by atoms with E-state index in [2.05, 4.69) is 4.98 Å². The molecule has 1 aromatic heterocycles. The SMILES string of the molecule is O=C(O)[C@@H]1CCCN1c1ccc(C(F)(F)F)cc1.[NH-]c1ccc(C(F)(F)F)cn1. The fourth-order valence-electron chi connectivity index (χ4n) is 2.74. The van der Waals surface area contributed by atoms with Crippen LogP contribution in [0.4, 0.5) is 37.8 Å². The van der Waals surface area contributed by atoms with Gasteiger partial charge in [-0.3, -0.25) is 0 Å². The van der Waals surface area contributed by atoms with Gasteiger partial charge in [-0.25, -0.2) is 4.79 Å². The zero-order chi connectivity index (χ0) is 21.8. The normalized spacial score (nSPS) is 16.9. The summed E-state index contributed by atoms with van der Waals surface area (Å²) in [6.45, 7) is 0.558. The predicted molar refractivity (Wildman–Crippen MR) is 92.7 cm³/mol. The van der Waals surface area contributed by atoms with Crippen molar-refractivity contribution in [2.75, 3.05) is 11.4 Å². The van der Waals surface area contributed by atoms with Crippen molar-refractivity contribution in [2.45, 2.75) is 31.2 Å². The molecule has 0 bridgehead atoms. The van der Waals surface area contributed by atoms with Gasteiger partial charge in [0.25, 0.3) is 0 Å². The van der Waals surface area contributed by atoms with Gasteiger partial charge in [0.05, 0.1) is 11.1 Å². The van der Waals surface area contributed by atoms with Gasteiger partial charge in [-0.05, 0) is 37.1 Å². The van der Waals surface area contributed by atoms with Gasteiger partial charge in [0.1, 0.15) is 6.04 Å². The highest BCUT2D eigenvalue weighted by Gasteiger charge is 2.33. The molecule has 2 N–H and O–H groups in total. The summed E-state index contributed by atoms with van der Waals surface area (Å²) in [5, 5.41) is 9.01. The lowest BCUT2D eigenvalue weighted by Crippen LogP contribution is -2.35. The standard InChI is InChI=1S/C12H12F3NO2.C6H4F3N2/c13-12(14,15)8-3-5-9(6-4-8)16-7-1-2-10(16)11(17)18;7-6(8,9)4-1-2-5(10)11-3-4/h3-6,10H,1-2,7H2,(H,17,18);1-3H,(H-,10,11)/q;-1/t10-;/m0./s1. The second-order valence-electron chi connectivity index (χ2n) is 6.16. The number of rotatable bonds is 2. The Morgan fingerprint density at radius 3 is 2.00 bits per heavy atom. The highest BCUT2D eigenvalue weighted by atomic mass is 19.4. The molecule has 1 fully saturated rings. The molecule has 2 aromatic rings. The monoisotopic (exact) mass is 420 g/mol. The minimum absolute atomic E-state index is 0.169. The largest absolute Gasteiger partial charge is 0.482 e. The van der Waals surface area contributed by atoms with E-state index in [9.17, 15) is 31.1 Å². The smallest absolute Gasteiger partial charge is 0.416 e. The lowest BCUT2D eigenvalue weighted by molar-refractivity contribution is -0.139. The van der Waals surface area contributed by atoms with E-state index in [1.54, 1.807) is 4.90 Å². The van der Waals surface area contributed by atoms with Crippen LogP contribution in [0.15, 0.2) is 42.6 Å². The quantitative estimate of drug-likeness (QED) is 0.647. The number of aliphatic carboxylic acids is 1. The van der Waals surface area contributed by atoms with Crippen molar-refractivity contribution in [3.05, 3.63) is 59.5 Å². The van der Waals surface area contributed by atoms with Crippen molar-refractivity contribution in [2.24, 2.45) is 0 Å². The zero-order valence-electron chi connectivity index (χ0n) is 14.8. The van der Waals surface area contributed by atoms with Gasteiger partial charge >= 0.3 is 18.3 Å². The number of aromatic nitrogens is 1. The van der Waals surface area contributed by atoms with E-state index in [4.69, 9.17) is 10.8 Å². The molecule has 1 aliphatic heterocycles. The number of carboxylic acid groups (broad SMARTS) is 1. The van der Waals surface area contributed by atoms with Gasteiger partial charge in [0.15, 0.2) is 0 Å². The molecule has 1 aromatic carbocycles. The van der Waals surface area contributed by atoms with Crippen LogP contribution in [0, 0.1) is 0 Å². The third-order valence-electron chi connectivity index (χ3n) is 4.15. The van der Waals surface area contributed by atoms with Crippen LogP contribution >= 0.6 is 0 Å². The minimum Gasteiger partial charge on any atom is -0.482 e. The van der Waals surface area contributed by atoms with E-state index in [0.29, 0.717) is 24.8 Å². The maximum absolute atomic E-state index is 12.4. The number of anilines is 1. The third-order valence-corrected chi connectivity index (χ3v) is 4.15. The Hall–Kier alpha value is -2.98. The van der Waals surface area contributed by atoms with E-state index >= 15 is 0 Å². The molecule has 0 unspecified atom stereocenters. The van der Waals surface area contributed by atoms with Crippen LogP contribution in [0.1, 0.15) is 24.0 Å². The lowest BCUT2D eigenvalue weighted by Gasteiger charge is -2.23. The highest BCUT2D eigenvalue weighted by molar-refractivity contribution is 5.79. The summed E-state index contributed by atoms with van der Waals surface area (Å²) in [4.78, 5) is 15.8. The van der Waals surface area contributed by atoms with Crippen LogP contribution < -0.4 is 4.90 Å². The molecule has 0 aliphatic carbocycles. The average molecular weight is 420 g/mol. The fraction of sp³-hybridized carbons (Fsp3) is 0.333. The maximum atomic E-state index is 12.4. The highest BCUT2D eigenvalue weighted by Crippen LogP contribution is 2.32.